The standard InChI is InChI=1S/C23H20FN3O5S/c1-32-18-7-4-16(5-8-18)26(14-19-3-2-10-33-19)23(29)15-11-22(28)25(13-15)17-6-9-20(24)21(12-17)27(30)31/h2-10,12,15H,11,13-14H2,1H3. The highest BCUT2D eigenvalue weighted by Gasteiger charge is 2.38. The number of amides is 2. The Bertz CT molecular complexity index is 1180. The van der Waals surface area contributed by atoms with Crippen LogP contribution in [0.5, 0.6) is 5.75 Å². The lowest BCUT2D eigenvalue weighted by Gasteiger charge is -2.25. The summed E-state index contributed by atoms with van der Waals surface area (Å²) in [7, 11) is 1.56. The number of nitro groups is 1. The van der Waals surface area contributed by atoms with Gasteiger partial charge in [-0.15, -0.1) is 11.3 Å². The summed E-state index contributed by atoms with van der Waals surface area (Å²) in [4.78, 5) is 40.4. The third-order valence-electron chi connectivity index (χ3n) is 5.46. The van der Waals surface area contributed by atoms with Gasteiger partial charge in [0.15, 0.2) is 0 Å². The Morgan fingerprint density at radius 3 is 2.67 bits per heavy atom. The highest BCUT2D eigenvalue weighted by Crippen LogP contribution is 2.32. The molecule has 8 nitrogen and oxygen atoms in total. The van der Waals surface area contributed by atoms with Gasteiger partial charge in [0.2, 0.25) is 17.6 Å². The summed E-state index contributed by atoms with van der Waals surface area (Å²) >= 11 is 1.52. The van der Waals surface area contributed by atoms with Crippen LogP contribution in [0.3, 0.4) is 0 Å². The summed E-state index contributed by atoms with van der Waals surface area (Å²) in [5.41, 5.74) is 0.141. The zero-order valence-electron chi connectivity index (χ0n) is 17.6. The Labute approximate surface area is 193 Å². The van der Waals surface area contributed by atoms with E-state index >= 15 is 0 Å². The molecular weight excluding hydrogens is 449 g/mol. The normalized spacial score (nSPS) is 15.5. The molecule has 1 aliphatic rings. The quantitative estimate of drug-likeness (QED) is 0.378. The van der Waals surface area contributed by atoms with E-state index in [9.17, 15) is 24.1 Å². The molecule has 0 N–H and O–H groups in total. The van der Waals surface area contributed by atoms with Crippen molar-refractivity contribution in [3.8, 4) is 5.75 Å². The Morgan fingerprint density at radius 1 is 1.27 bits per heavy atom. The van der Waals surface area contributed by atoms with Crippen molar-refractivity contribution in [1.29, 1.82) is 0 Å². The van der Waals surface area contributed by atoms with Gasteiger partial charge in [0, 0.05) is 29.6 Å². The fourth-order valence-corrected chi connectivity index (χ4v) is 4.46. The number of nitrogens with zero attached hydrogens (tertiary/aromatic N) is 3. The van der Waals surface area contributed by atoms with E-state index in [1.807, 2.05) is 17.5 Å². The minimum Gasteiger partial charge on any atom is -0.497 e. The van der Waals surface area contributed by atoms with Crippen molar-refractivity contribution in [2.24, 2.45) is 5.92 Å². The molecule has 0 saturated carbocycles. The smallest absolute Gasteiger partial charge is 0.306 e. The van der Waals surface area contributed by atoms with Gasteiger partial charge in [0.25, 0.3) is 0 Å². The van der Waals surface area contributed by atoms with Gasteiger partial charge < -0.3 is 14.5 Å². The first-order chi connectivity index (χ1) is 15.9. The van der Waals surface area contributed by atoms with Crippen molar-refractivity contribution in [1.82, 2.24) is 0 Å². The molecule has 170 valence electrons. The van der Waals surface area contributed by atoms with E-state index in [1.165, 1.54) is 22.3 Å². The monoisotopic (exact) mass is 469 g/mol. The van der Waals surface area contributed by atoms with Crippen LogP contribution in [0.2, 0.25) is 0 Å². The lowest BCUT2D eigenvalue weighted by molar-refractivity contribution is -0.387. The average Bonchev–Trinajstić information content (AvgIpc) is 3.47. The van der Waals surface area contributed by atoms with Gasteiger partial charge in [-0.25, -0.2) is 0 Å². The summed E-state index contributed by atoms with van der Waals surface area (Å²) in [6, 6.07) is 14.2. The number of carbonyl (C=O) groups is 2. The molecule has 2 amide bonds. The number of rotatable bonds is 7. The topological polar surface area (TPSA) is 93.0 Å². The van der Waals surface area contributed by atoms with Gasteiger partial charge in [0.1, 0.15) is 5.75 Å². The van der Waals surface area contributed by atoms with Gasteiger partial charge in [-0.05, 0) is 47.8 Å². The number of methoxy groups -OCH3 is 1. The van der Waals surface area contributed by atoms with Crippen LogP contribution in [0.25, 0.3) is 0 Å². The van der Waals surface area contributed by atoms with Crippen LogP contribution < -0.4 is 14.5 Å². The Balaban J connectivity index is 1.59. The van der Waals surface area contributed by atoms with Gasteiger partial charge in [-0.1, -0.05) is 6.07 Å². The van der Waals surface area contributed by atoms with E-state index in [2.05, 4.69) is 0 Å². The van der Waals surface area contributed by atoms with Crippen LogP contribution >= 0.6 is 11.3 Å². The van der Waals surface area contributed by atoms with Gasteiger partial charge in [0.05, 0.1) is 30.2 Å². The minimum absolute atomic E-state index is 0.0406. The van der Waals surface area contributed by atoms with Crippen LogP contribution in [-0.4, -0.2) is 30.4 Å². The van der Waals surface area contributed by atoms with Gasteiger partial charge in [-0.2, -0.15) is 4.39 Å². The molecular formula is C23H20FN3O5S. The van der Waals surface area contributed by atoms with Crippen molar-refractivity contribution in [3.63, 3.8) is 0 Å². The maximum atomic E-state index is 13.7. The summed E-state index contributed by atoms with van der Waals surface area (Å²) in [6.07, 6.45) is -0.0406. The Kier molecular flexibility index (Phi) is 6.36. The van der Waals surface area contributed by atoms with E-state index in [-0.39, 0.29) is 30.5 Å². The molecule has 0 spiro atoms. The molecule has 4 rings (SSSR count). The van der Waals surface area contributed by atoms with Crippen molar-refractivity contribution in [2.45, 2.75) is 13.0 Å². The zero-order valence-corrected chi connectivity index (χ0v) is 18.5. The molecule has 1 atom stereocenters. The van der Waals surface area contributed by atoms with Crippen LogP contribution in [0.4, 0.5) is 21.5 Å². The third kappa shape index (κ3) is 4.70. The number of nitro benzene ring substituents is 1. The summed E-state index contributed by atoms with van der Waals surface area (Å²) < 4.78 is 18.9. The van der Waals surface area contributed by atoms with E-state index < -0.39 is 22.3 Å². The number of halogens is 1. The molecule has 3 aromatic rings. The molecule has 0 bridgehead atoms. The van der Waals surface area contributed by atoms with E-state index in [0.717, 1.165) is 17.0 Å². The first-order valence-electron chi connectivity index (χ1n) is 10.1. The second-order valence-corrected chi connectivity index (χ2v) is 8.53. The average molecular weight is 469 g/mol. The van der Waals surface area contributed by atoms with Crippen molar-refractivity contribution in [3.05, 3.63) is 80.8 Å². The van der Waals surface area contributed by atoms with Crippen LogP contribution in [-0.2, 0) is 16.1 Å². The maximum absolute atomic E-state index is 13.7. The minimum atomic E-state index is -0.982. The molecule has 1 aromatic heterocycles. The van der Waals surface area contributed by atoms with Gasteiger partial charge >= 0.3 is 5.69 Å². The van der Waals surface area contributed by atoms with E-state index in [1.54, 1.807) is 36.3 Å². The number of thiophene rings is 1. The highest BCUT2D eigenvalue weighted by molar-refractivity contribution is 7.09. The lowest BCUT2D eigenvalue weighted by Crippen LogP contribution is -2.37. The first kappa shape index (κ1) is 22.4. The molecule has 2 aromatic carbocycles. The lowest BCUT2D eigenvalue weighted by atomic mass is 10.1. The predicted molar refractivity (Wildman–Crippen MR) is 122 cm³/mol. The van der Waals surface area contributed by atoms with Crippen LogP contribution in [0, 0.1) is 21.8 Å². The molecule has 1 unspecified atom stereocenters. The molecule has 33 heavy (non-hydrogen) atoms. The number of carbonyl (C=O) groups excluding carboxylic acids is 2. The molecule has 2 heterocycles. The third-order valence-corrected chi connectivity index (χ3v) is 6.32. The number of hydrogen-bond donors (Lipinski definition) is 0. The SMILES string of the molecule is COc1ccc(N(Cc2cccs2)C(=O)C2CC(=O)N(c3ccc(F)c([N+](=O)[O-])c3)C2)cc1. The molecule has 0 aliphatic carbocycles. The number of ether oxygens (including phenoxy) is 1. The largest absolute Gasteiger partial charge is 0.497 e. The Hall–Kier alpha value is -3.79. The molecule has 10 heteroatoms. The second-order valence-electron chi connectivity index (χ2n) is 7.50. The molecule has 1 fully saturated rings. The maximum Gasteiger partial charge on any atom is 0.306 e. The highest BCUT2D eigenvalue weighted by atomic mass is 32.1. The van der Waals surface area contributed by atoms with Crippen molar-refractivity contribution < 1.29 is 23.6 Å². The van der Waals surface area contributed by atoms with Crippen molar-refractivity contribution >= 4 is 40.2 Å². The first-order valence-corrected chi connectivity index (χ1v) is 11.0. The zero-order chi connectivity index (χ0) is 23.5. The number of hydrogen-bond acceptors (Lipinski definition) is 6. The molecule has 0 radical (unpaired) electrons. The summed E-state index contributed by atoms with van der Waals surface area (Å²) in [6.45, 7) is 0.396. The molecule has 1 aliphatic heterocycles. The predicted octanol–water partition coefficient (Wildman–Crippen LogP) is 4.39. The van der Waals surface area contributed by atoms with Crippen LogP contribution in [0.1, 0.15) is 11.3 Å². The number of anilines is 2. The number of benzene rings is 2. The Morgan fingerprint density at radius 2 is 2.03 bits per heavy atom. The summed E-state index contributed by atoms with van der Waals surface area (Å²) in [5, 5.41) is 13.0. The van der Waals surface area contributed by atoms with Crippen LogP contribution in [0.15, 0.2) is 60.0 Å². The van der Waals surface area contributed by atoms with E-state index in [0.29, 0.717) is 18.0 Å². The summed E-state index contributed by atoms with van der Waals surface area (Å²) in [5.74, 6) is -1.56. The molecule has 1 saturated heterocycles. The van der Waals surface area contributed by atoms with Crippen molar-refractivity contribution in [2.75, 3.05) is 23.5 Å². The fraction of sp³-hybridized carbons (Fsp3) is 0.217. The fourth-order valence-electron chi connectivity index (χ4n) is 3.77. The van der Waals surface area contributed by atoms with E-state index in [4.69, 9.17) is 4.74 Å². The second kappa shape index (κ2) is 9.37. The van der Waals surface area contributed by atoms with Gasteiger partial charge in [-0.3, -0.25) is 19.7 Å².